The lowest BCUT2D eigenvalue weighted by Gasteiger charge is -2.23. The largest absolute Gasteiger partial charge is 0.492 e. The van der Waals surface area contributed by atoms with E-state index in [2.05, 4.69) is 10.1 Å². The highest BCUT2D eigenvalue weighted by Crippen LogP contribution is 2.23. The van der Waals surface area contributed by atoms with Crippen LogP contribution in [0, 0.1) is 0 Å². The van der Waals surface area contributed by atoms with Crippen molar-refractivity contribution in [1.29, 1.82) is 0 Å². The number of ether oxygens (including phenoxy) is 2. The first-order valence-electron chi connectivity index (χ1n) is 6.63. The van der Waals surface area contributed by atoms with Crippen LogP contribution >= 0.6 is 11.6 Å². The molecule has 0 fully saturated rings. The van der Waals surface area contributed by atoms with Gasteiger partial charge in [0.2, 0.25) is 5.91 Å². The number of nitrogens with one attached hydrogen (secondary N) is 1. The molecular weight excluding hydrogens is 294 g/mol. The third-order valence-electron chi connectivity index (χ3n) is 2.79. The highest BCUT2D eigenvalue weighted by atomic mass is 35.5. The van der Waals surface area contributed by atoms with Gasteiger partial charge in [-0.2, -0.15) is 0 Å². The molecule has 0 bridgehead atoms. The zero-order chi connectivity index (χ0) is 15.9. The maximum Gasteiger partial charge on any atom is 0.330 e. The van der Waals surface area contributed by atoms with Gasteiger partial charge < -0.3 is 14.8 Å². The van der Waals surface area contributed by atoms with Crippen molar-refractivity contribution in [1.82, 2.24) is 5.32 Å². The maximum absolute atomic E-state index is 11.8. The molecule has 0 heterocycles. The van der Waals surface area contributed by atoms with Crippen LogP contribution in [0.5, 0.6) is 5.75 Å². The number of benzene rings is 1. The van der Waals surface area contributed by atoms with Gasteiger partial charge in [-0.1, -0.05) is 23.7 Å². The number of hydrogen-bond acceptors (Lipinski definition) is 4. The molecule has 0 aliphatic carbocycles. The molecule has 0 saturated carbocycles. The highest BCUT2D eigenvalue weighted by Gasteiger charge is 2.30. The molecule has 21 heavy (non-hydrogen) atoms. The van der Waals surface area contributed by atoms with Crippen molar-refractivity contribution < 1.29 is 19.1 Å². The first-order valence-corrected chi connectivity index (χ1v) is 7.01. The molecule has 0 radical (unpaired) electrons. The van der Waals surface area contributed by atoms with Crippen LogP contribution in [0.3, 0.4) is 0 Å². The van der Waals surface area contributed by atoms with E-state index in [9.17, 15) is 9.59 Å². The van der Waals surface area contributed by atoms with Gasteiger partial charge in [-0.25, -0.2) is 4.79 Å². The lowest BCUT2D eigenvalue weighted by Crippen LogP contribution is -2.50. The summed E-state index contributed by atoms with van der Waals surface area (Å²) < 4.78 is 10.1. The second kappa shape index (κ2) is 7.88. The van der Waals surface area contributed by atoms with E-state index in [1.165, 1.54) is 7.11 Å². The van der Waals surface area contributed by atoms with Crippen molar-refractivity contribution in [2.24, 2.45) is 0 Å². The van der Waals surface area contributed by atoms with Gasteiger partial charge in [0.15, 0.2) is 0 Å². The average Bonchev–Trinajstić information content (AvgIpc) is 2.43. The van der Waals surface area contributed by atoms with Crippen LogP contribution in [0.2, 0.25) is 5.02 Å². The minimum atomic E-state index is -1.03. The van der Waals surface area contributed by atoms with Crippen LogP contribution in [0.1, 0.15) is 26.7 Å². The van der Waals surface area contributed by atoms with Crippen molar-refractivity contribution in [2.75, 3.05) is 13.7 Å². The Bertz CT molecular complexity index is 502. The lowest BCUT2D eigenvalue weighted by molar-refractivity contribution is -0.149. The fourth-order valence-electron chi connectivity index (χ4n) is 1.69. The minimum absolute atomic E-state index is 0.229. The molecule has 5 nitrogen and oxygen atoms in total. The first kappa shape index (κ1) is 17.3. The molecule has 1 N–H and O–H groups in total. The van der Waals surface area contributed by atoms with Gasteiger partial charge in [0, 0.05) is 6.42 Å². The molecule has 1 rings (SSSR count). The van der Waals surface area contributed by atoms with Crippen molar-refractivity contribution in [3.63, 3.8) is 0 Å². The van der Waals surface area contributed by atoms with Crippen molar-refractivity contribution in [3.05, 3.63) is 29.3 Å². The van der Waals surface area contributed by atoms with Gasteiger partial charge in [-0.05, 0) is 32.4 Å². The molecule has 1 amide bonds. The van der Waals surface area contributed by atoms with E-state index < -0.39 is 11.5 Å². The van der Waals surface area contributed by atoms with Crippen LogP contribution in [-0.2, 0) is 14.3 Å². The van der Waals surface area contributed by atoms with E-state index >= 15 is 0 Å². The molecule has 0 spiro atoms. The molecule has 0 saturated heterocycles. The predicted molar refractivity (Wildman–Crippen MR) is 80.4 cm³/mol. The highest BCUT2D eigenvalue weighted by molar-refractivity contribution is 6.32. The minimum Gasteiger partial charge on any atom is -0.492 e. The van der Waals surface area contributed by atoms with Crippen LogP contribution in [0.25, 0.3) is 0 Å². The SMILES string of the molecule is COC(=O)C(C)(C)NC(=O)CCCOc1ccccc1Cl. The summed E-state index contributed by atoms with van der Waals surface area (Å²) in [5.41, 5.74) is -1.03. The van der Waals surface area contributed by atoms with Gasteiger partial charge in [0.05, 0.1) is 18.7 Å². The Hall–Kier alpha value is -1.75. The summed E-state index contributed by atoms with van der Waals surface area (Å²) >= 11 is 5.95. The number of rotatable bonds is 7. The van der Waals surface area contributed by atoms with Crippen molar-refractivity contribution in [3.8, 4) is 5.75 Å². The average molecular weight is 314 g/mol. The summed E-state index contributed by atoms with van der Waals surface area (Å²) in [6, 6.07) is 7.15. The van der Waals surface area contributed by atoms with Crippen LogP contribution in [-0.4, -0.2) is 31.1 Å². The Morgan fingerprint density at radius 3 is 2.57 bits per heavy atom. The van der Waals surface area contributed by atoms with Crippen LogP contribution in [0.4, 0.5) is 0 Å². The first-order chi connectivity index (χ1) is 9.86. The van der Waals surface area contributed by atoms with E-state index in [0.29, 0.717) is 23.8 Å². The molecule has 6 heteroatoms. The van der Waals surface area contributed by atoms with E-state index in [0.717, 1.165) is 0 Å². The Morgan fingerprint density at radius 2 is 1.95 bits per heavy atom. The molecular formula is C15H20ClNO4. The topological polar surface area (TPSA) is 64.6 Å². The molecule has 0 unspecified atom stereocenters. The van der Waals surface area contributed by atoms with Gasteiger partial charge >= 0.3 is 5.97 Å². The standard InChI is InChI=1S/C15H20ClNO4/c1-15(2,14(19)20-3)17-13(18)9-6-10-21-12-8-5-4-7-11(12)16/h4-5,7-8H,6,9-10H2,1-3H3,(H,17,18). The summed E-state index contributed by atoms with van der Waals surface area (Å²) in [6.07, 6.45) is 0.777. The Morgan fingerprint density at radius 1 is 1.29 bits per heavy atom. The summed E-state index contributed by atoms with van der Waals surface area (Å²) in [7, 11) is 1.29. The number of hydrogen-bond donors (Lipinski definition) is 1. The number of carbonyl (C=O) groups is 2. The number of carbonyl (C=O) groups excluding carboxylic acids is 2. The summed E-state index contributed by atoms with van der Waals surface area (Å²) in [6.45, 7) is 3.56. The summed E-state index contributed by atoms with van der Waals surface area (Å²) in [5, 5.41) is 3.16. The maximum atomic E-state index is 11.8. The lowest BCUT2D eigenvalue weighted by atomic mass is 10.1. The predicted octanol–water partition coefficient (Wildman–Crippen LogP) is 2.57. The fraction of sp³-hybridized carbons (Fsp3) is 0.467. The molecule has 1 aromatic carbocycles. The van der Waals surface area contributed by atoms with Crippen molar-refractivity contribution >= 4 is 23.5 Å². The molecule has 0 aliphatic rings. The fourth-order valence-corrected chi connectivity index (χ4v) is 1.88. The van der Waals surface area contributed by atoms with Gasteiger partial charge in [0.1, 0.15) is 11.3 Å². The van der Waals surface area contributed by atoms with E-state index in [1.54, 1.807) is 26.0 Å². The number of esters is 1. The van der Waals surface area contributed by atoms with Crippen molar-refractivity contribution in [2.45, 2.75) is 32.2 Å². The molecule has 116 valence electrons. The smallest absolute Gasteiger partial charge is 0.330 e. The quantitative estimate of drug-likeness (QED) is 0.620. The van der Waals surface area contributed by atoms with Gasteiger partial charge in [-0.15, -0.1) is 0 Å². The molecule has 1 aromatic rings. The second-order valence-electron chi connectivity index (χ2n) is 5.05. The zero-order valence-electron chi connectivity index (χ0n) is 12.4. The summed E-state index contributed by atoms with van der Waals surface area (Å²) in [5.74, 6) is -0.120. The number of halogens is 1. The Kier molecular flexibility index (Phi) is 6.49. The molecule has 0 aromatic heterocycles. The van der Waals surface area contributed by atoms with Crippen LogP contribution < -0.4 is 10.1 Å². The number of methoxy groups -OCH3 is 1. The third kappa shape index (κ3) is 5.63. The zero-order valence-corrected chi connectivity index (χ0v) is 13.2. The Balaban J connectivity index is 2.31. The van der Waals surface area contributed by atoms with E-state index in [1.807, 2.05) is 12.1 Å². The monoisotopic (exact) mass is 313 g/mol. The number of amides is 1. The normalized spacial score (nSPS) is 10.9. The van der Waals surface area contributed by atoms with Gasteiger partial charge in [-0.3, -0.25) is 4.79 Å². The number of para-hydroxylation sites is 1. The van der Waals surface area contributed by atoms with E-state index in [4.69, 9.17) is 16.3 Å². The van der Waals surface area contributed by atoms with Gasteiger partial charge in [0.25, 0.3) is 0 Å². The van der Waals surface area contributed by atoms with Crippen LogP contribution in [0.15, 0.2) is 24.3 Å². The van der Waals surface area contributed by atoms with E-state index in [-0.39, 0.29) is 12.3 Å². The molecule has 0 aliphatic heterocycles. The molecule has 0 atom stereocenters. The third-order valence-corrected chi connectivity index (χ3v) is 3.10. The summed E-state index contributed by atoms with van der Waals surface area (Å²) in [4.78, 5) is 23.2. The second-order valence-corrected chi connectivity index (χ2v) is 5.45. The Labute approximate surface area is 129 Å².